The molecule has 2 N–H and O–H groups in total. The number of hydrazone groups is 1. The summed E-state index contributed by atoms with van der Waals surface area (Å²) in [5.74, 6) is 0.718. The van der Waals surface area contributed by atoms with Gasteiger partial charge in [0.2, 0.25) is 0 Å². The van der Waals surface area contributed by atoms with Gasteiger partial charge in [0.05, 0.1) is 5.54 Å². The summed E-state index contributed by atoms with van der Waals surface area (Å²) >= 11 is 0. The lowest BCUT2D eigenvalue weighted by Crippen LogP contribution is -2.42. The summed E-state index contributed by atoms with van der Waals surface area (Å²) in [5.41, 5.74) is 3.14. The van der Waals surface area contributed by atoms with Crippen LogP contribution >= 0.6 is 0 Å². The molecular formula is C7H14N4. The number of hydrogen-bond donors (Lipinski definition) is 2. The molecule has 1 aliphatic heterocycles. The van der Waals surface area contributed by atoms with Crippen molar-refractivity contribution >= 4 is 11.5 Å². The van der Waals surface area contributed by atoms with Gasteiger partial charge in [-0.25, -0.2) is 0 Å². The summed E-state index contributed by atoms with van der Waals surface area (Å²) < 4.78 is 0. The first-order valence-corrected chi connectivity index (χ1v) is 3.57. The van der Waals surface area contributed by atoms with E-state index in [1.807, 2.05) is 32.8 Å². The monoisotopic (exact) mass is 154 g/mol. The van der Waals surface area contributed by atoms with E-state index in [2.05, 4.69) is 10.5 Å². The van der Waals surface area contributed by atoms with Crippen molar-refractivity contribution in [2.45, 2.75) is 19.4 Å². The van der Waals surface area contributed by atoms with Gasteiger partial charge in [-0.15, -0.1) is 0 Å². The van der Waals surface area contributed by atoms with Crippen LogP contribution in [0.5, 0.6) is 0 Å². The number of rotatable bonds is 0. The van der Waals surface area contributed by atoms with Gasteiger partial charge < -0.3 is 4.90 Å². The van der Waals surface area contributed by atoms with Crippen LogP contribution in [-0.4, -0.2) is 36.1 Å². The zero-order valence-electron chi connectivity index (χ0n) is 7.39. The van der Waals surface area contributed by atoms with Crippen molar-refractivity contribution in [2.24, 2.45) is 5.10 Å². The van der Waals surface area contributed by atoms with Crippen LogP contribution in [0.2, 0.25) is 0 Å². The van der Waals surface area contributed by atoms with Crippen molar-refractivity contribution in [3.05, 3.63) is 0 Å². The maximum atomic E-state index is 7.70. The molecule has 11 heavy (non-hydrogen) atoms. The van der Waals surface area contributed by atoms with E-state index in [1.165, 1.54) is 0 Å². The smallest absolute Gasteiger partial charge is 0.171 e. The molecular weight excluding hydrogens is 140 g/mol. The molecule has 0 aromatic rings. The topological polar surface area (TPSA) is 51.5 Å². The second kappa shape index (κ2) is 2.22. The molecule has 0 aromatic heterocycles. The quantitative estimate of drug-likeness (QED) is 0.526. The van der Waals surface area contributed by atoms with Gasteiger partial charge in [-0.2, -0.15) is 5.10 Å². The van der Waals surface area contributed by atoms with Gasteiger partial charge in [-0.1, -0.05) is 0 Å². The Morgan fingerprint density at radius 2 is 2.00 bits per heavy atom. The molecule has 0 atom stereocenters. The summed E-state index contributed by atoms with van der Waals surface area (Å²) in [6.07, 6.45) is 0. The highest BCUT2D eigenvalue weighted by Gasteiger charge is 2.33. The zero-order valence-corrected chi connectivity index (χ0v) is 7.39. The largest absolute Gasteiger partial charge is 0.360 e. The molecule has 1 heterocycles. The maximum absolute atomic E-state index is 7.70. The lowest BCUT2D eigenvalue weighted by molar-refractivity contribution is 0.546. The molecule has 0 saturated carbocycles. The van der Waals surface area contributed by atoms with Crippen molar-refractivity contribution in [2.75, 3.05) is 14.1 Å². The summed E-state index contributed by atoms with van der Waals surface area (Å²) in [6, 6.07) is 0. The Hall–Kier alpha value is -1.06. The van der Waals surface area contributed by atoms with Gasteiger partial charge in [-0.3, -0.25) is 10.8 Å². The molecule has 0 aliphatic carbocycles. The highest BCUT2D eigenvalue weighted by molar-refractivity contribution is 6.44. The van der Waals surface area contributed by atoms with E-state index in [-0.39, 0.29) is 5.54 Å². The van der Waals surface area contributed by atoms with Crippen molar-refractivity contribution < 1.29 is 0 Å². The predicted octanol–water partition coefficient (Wildman–Crippen LogP) is 0.263. The fourth-order valence-corrected chi connectivity index (χ4v) is 0.908. The van der Waals surface area contributed by atoms with Crippen molar-refractivity contribution in [1.29, 1.82) is 5.41 Å². The lowest BCUT2D eigenvalue weighted by atomic mass is 10.00. The SMILES string of the molecule is CN(C)C1=NNC(C)(C)C1=N. The molecule has 4 heteroatoms. The van der Waals surface area contributed by atoms with E-state index in [4.69, 9.17) is 5.41 Å². The Labute approximate surface area is 66.8 Å². The third kappa shape index (κ3) is 1.20. The van der Waals surface area contributed by atoms with Gasteiger partial charge >= 0.3 is 0 Å². The fraction of sp³-hybridized carbons (Fsp3) is 0.714. The number of hydrogen-bond acceptors (Lipinski definition) is 4. The van der Waals surface area contributed by atoms with Crippen molar-refractivity contribution in [3.63, 3.8) is 0 Å². The number of amidine groups is 1. The fourth-order valence-electron chi connectivity index (χ4n) is 0.908. The van der Waals surface area contributed by atoms with Crippen LogP contribution < -0.4 is 5.43 Å². The predicted molar refractivity (Wildman–Crippen MR) is 46.1 cm³/mol. The van der Waals surface area contributed by atoms with Crippen LogP contribution in [0.15, 0.2) is 5.10 Å². The second-order valence-corrected chi connectivity index (χ2v) is 3.44. The van der Waals surface area contributed by atoms with E-state index in [0.717, 1.165) is 5.84 Å². The van der Waals surface area contributed by atoms with Gasteiger partial charge in [0.15, 0.2) is 5.84 Å². The first-order valence-electron chi connectivity index (χ1n) is 3.57. The molecule has 0 unspecified atom stereocenters. The number of nitrogens with one attached hydrogen (secondary N) is 2. The molecule has 0 spiro atoms. The summed E-state index contributed by atoms with van der Waals surface area (Å²) in [6.45, 7) is 3.88. The van der Waals surface area contributed by atoms with Gasteiger partial charge in [0.25, 0.3) is 0 Å². The Kier molecular flexibility index (Phi) is 1.62. The highest BCUT2D eigenvalue weighted by Crippen LogP contribution is 2.12. The lowest BCUT2D eigenvalue weighted by Gasteiger charge is -2.18. The van der Waals surface area contributed by atoms with Crippen LogP contribution in [0.1, 0.15) is 13.8 Å². The Bertz CT molecular complexity index is 214. The van der Waals surface area contributed by atoms with Gasteiger partial charge in [0, 0.05) is 14.1 Å². The maximum Gasteiger partial charge on any atom is 0.171 e. The number of nitrogens with zero attached hydrogens (tertiary/aromatic N) is 2. The van der Waals surface area contributed by atoms with Crippen molar-refractivity contribution in [1.82, 2.24) is 10.3 Å². The van der Waals surface area contributed by atoms with E-state index >= 15 is 0 Å². The Morgan fingerprint density at radius 1 is 1.45 bits per heavy atom. The first kappa shape index (κ1) is 8.04. The minimum absolute atomic E-state index is 0.306. The van der Waals surface area contributed by atoms with Gasteiger partial charge in [0.1, 0.15) is 5.71 Å². The first-order chi connectivity index (χ1) is 4.95. The van der Waals surface area contributed by atoms with E-state index in [9.17, 15) is 0 Å². The summed E-state index contributed by atoms with van der Waals surface area (Å²) in [4.78, 5) is 1.84. The molecule has 0 amide bonds. The van der Waals surface area contributed by atoms with Crippen LogP contribution in [0, 0.1) is 5.41 Å². The molecule has 1 aliphatic rings. The van der Waals surface area contributed by atoms with E-state index in [0.29, 0.717) is 5.71 Å². The van der Waals surface area contributed by atoms with E-state index in [1.54, 1.807) is 0 Å². The minimum atomic E-state index is -0.306. The van der Waals surface area contributed by atoms with Crippen LogP contribution in [0.3, 0.4) is 0 Å². The molecule has 4 nitrogen and oxygen atoms in total. The van der Waals surface area contributed by atoms with Gasteiger partial charge in [-0.05, 0) is 13.8 Å². The molecule has 62 valence electrons. The Balaban J connectivity index is 2.84. The normalized spacial score (nSPS) is 21.1. The molecule has 1 rings (SSSR count). The third-order valence-electron chi connectivity index (χ3n) is 1.71. The summed E-state index contributed by atoms with van der Waals surface area (Å²) in [7, 11) is 3.77. The van der Waals surface area contributed by atoms with Crippen molar-refractivity contribution in [3.8, 4) is 0 Å². The van der Waals surface area contributed by atoms with Crippen LogP contribution in [-0.2, 0) is 0 Å². The molecule has 0 radical (unpaired) electrons. The molecule has 0 saturated heterocycles. The summed E-state index contributed by atoms with van der Waals surface area (Å²) in [5, 5.41) is 11.7. The average Bonchev–Trinajstić information content (AvgIpc) is 2.09. The second-order valence-electron chi connectivity index (χ2n) is 3.44. The molecule has 0 aromatic carbocycles. The zero-order chi connectivity index (χ0) is 8.65. The van der Waals surface area contributed by atoms with Crippen LogP contribution in [0.25, 0.3) is 0 Å². The molecule has 0 fully saturated rings. The van der Waals surface area contributed by atoms with E-state index < -0.39 is 0 Å². The average molecular weight is 154 g/mol. The minimum Gasteiger partial charge on any atom is -0.360 e. The third-order valence-corrected chi connectivity index (χ3v) is 1.71. The standard InChI is InChI=1S/C7H14N4/c1-7(2)5(8)6(9-10-7)11(3)4/h8,10H,1-4H3. The Morgan fingerprint density at radius 3 is 2.18 bits per heavy atom. The van der Waals surface area contributed by atoms with Crippen LogP contribution in [0.4, 0.5) is 0 Å². The molecule has 0 bridgehead atoms. The highest BCUT2D eigenvalue weighted by atomic mass is 15.4.